The summed E-state index contributed by atoms with van der Waals surface area (Å²) in [6.45, 7) is 0. The summed E-state index contributed by atoms with van der Waals surface area (Å²) in [5, 5.41) is 4.49. The summed E-state index contributed by atoms with van der Waals surface area (Å²) in [5.74, 6) is 0. The molecule has 0 aliphatic carbocycles. The monoisotopic (exact) mass is 436 g/mol. The number of fused-ring (bicyclic) bond motifs is 2. The molecule has 0 aliphatic rings. The van der Waals surface area contributed by atoms with Crippen LogP contribution >= 0.6 is 0 Å². The number of nitrogen functional groups attached to an aromatic ring is 2. The van der Waals surface area contributed by atoms with Gasteiger partial charge in [0.05, 0.1) is 0 Å². The van der Waals surface area contributed by atoms with Crippen molar-refractivity contribution in [1.82, 2.24) is 0 Å². The van der Waals surface area contributed by atoms with Crippen molar-refractivity contribution in [2.45, 2.75) is 0 Å². The largest absolute Gasteiger partial charge is 0.398 e. The van der Waals surface area contributed by atoms with Gasteiger partial charge in [-0.05, 0) is 68.1 Å². The zero-order valence-corrected chi connectivity index (χ0v) is 18.7. The zero-order chi connectivity index (χ0) is 23.1. The summed E-state index contributed by atoms with van der Waals surface area (Å²) in [6, 6.07) is 42.1. The first-order valence-electron chi connectivity index (χ1n) is 11.4. The first-order valence-corrected chi connectivity index (χ1v) is 11.4. The van der Waals surface area contributed by atoms with Gasteiger partial charge < -0.3 is 11.5 Å². The molecule has 0 atom stereocenters. The fraction of sp³-hybridized carbons (Fsp3) is 0. The average molecular weight is 437 g/mol. The van der Waals surface area contributed by atoms with Crippen molar-refractivity contribution in [1.29, 1.82) is 0 Å². The molecule has 0 aliphatic heterocycles. The molecule has 0 spiro atoms. The fourth-order valence-electron chi connectivity index (χ4n) is 4.87. The van der Waals surface area contributed by atoms with Crippen molar-refractivity contribution in [3.05, 3.63) is 121 Å². The number of nitrogens with two attached hydrogens (primary N) is 2. The second-order valence-corrected chi connectivity index (χ2v) is 8.66. The van der Waals surface area contributed by atoms with Crippen molar-refractivity contribution < 1.29 is 0 Å². The first-order chi connectivity index (χ1) is 16.7. The highest BCUT2D eigenvalue weighted by molar-refractivity contribution is 6.13. The molecule has 0 saturated carbocycles. The van der Waals surface area contributed by atoms with E-state index in [-0.39, 0.29) is 0 Å². The maximum absolute atomic E-state index is 6.59. The quantitative estimate of drug-likeness (QED) is 0.275. The van der Waals surface area contributed by atoms with Crippen LogP contribution < -0.4 is 11.5 Å². The molecule has 0 amide bonds. The molecule has 162 valence electrons. The van der Waals surface area contributed by atoms with Crippen molar-refractivity contribution in [2.75, 3.05) is 11.5 Å². The lowest BCUT2D eigenvalue weighted by atomic mass is 9.89. The van der Waals surface area contributed by atoms with E-state index in [1.807, 2.05) is 24.3 Å². The van der Waals surface area contributed by atoms with E-state index >= 15 is 0 Å². The Hall–Kier alpha value is -4.56. The lowest BCUT2D eigenvalue weighted by Gasteiger charge is -2.17. The van der Waals surface area contributed by atoms with Crippen LogP contribution in [0.4, 0.5) is 11.4 Å². The number of benzene rings is 6. The van der Waals surface area contributed by atoms with Gasteiger partial charge in [0.25, 0.3) is 0 Å². The molecule has 0 bridgehead atoms. The fourth-order valence-corrected chi connectivity index (χ4v) is 4.87. The van der Waals surface area contributed by atoms with E-state index in [2.05, 4.69) is 97.1 Å². The van der Waals surface area contributed by atoms with Crippen molar-refractivity contribution >= 4 is 32.9 Å². The number of anilines is 2. The molecule has 0 unspecified atom stereocenters. The molecule has 6 aromatic rings. The van der Waals surface area contributed by atoms with E-state index in [4.69, 9.17) is 11.5 Å². The maximum Gasteiger partial charge on any atom is 0.0401 e. The average Bonchev–Trinajstić information content (AvgIpc) is 2.90. The Morgan fingerprint density at radius 3 is 1.18 bits per heavy atom. The molecule has 0 heterocycles. The topological polar surface area (TPSA) is 52.0 Å². The Labute approximate surface area is 199 Å². The Kier molecular flexibility index (Phi) is 4.78. The number of rotatable bonds is 3. The highest BCUT2D eigenvalue weighted by Crippen LogP contribution is 2.43. The molecule has 34 heavy (non-hydrogen) atoms. The van der Waals surface area contributed by atoms with Crippen LogP contribution in [0.1, 0.15) is 0 Å². The summed E-state index contributed by atoms with van der Waals surface area (Å²) < 4.78 is 0. The van der Waals surface area contributed by atoms with Crippen molar-refractivity contribution in [3.63, 3.8) is 0 Å². The Morgan fingerprint density at radius 2 is 0.765 bits per heavy atom. The molecule has 0 saturated heterocycles. The predicted octanol–water partition coefficient (Wildman–Crippen LogP) is 8.16. The summed E-state index contributed by atoms with van der Waals surface area (Å²) >= 11 is 0. The van der Waals surface area contributed by atoms with Crippen LogP contribution in [0.15, 0.2) is 121 Å². The molecular formula is C32H24N2. The van der Waals surface area contributed by atoms with E-state index in [9.17, 15) is 0 Å². The van der Waals surface area contributed by atoms with E-state index in [0.29, 0.717) is 0 Å². The standard InChI is InChI=1S/C32H24N2/c33-29-17-13-25-19-23(21-7-3-1-4-8-21)11-15-27(25)31(29)32-28-16-12-24(22-9-5-2-6-10-22)20-26(28)14-18-30(32)34/h1-20H,33-34H2. The Bertz CT molecular complexity index is 1530. The summed E-state index contributed by atoms with van der Waals surface area (Å²) in [5.41, 5.74) is 21.4. The van der Waals surface area contributed by atoms with E-state index < -0.39 is 0 Å². The van der Waals surface area contributed by atoms with Gasteiger partial charge in [-0.1, -0.05) is 97.1 Å². The van der Waals surface area contributed by atoms with Gasteiger partial charge in [0.2, 0.25) is 0 Å². The van der Waals surface area contributed by atoms with Crippen molar-refractivity contribution in [2.24, 2.45) is 0 Å². The first kappa shape index (κ1) is 20.1. The van der Waals surface area contributed by atoms with Crippen LogP contribution in [0.5, 0.6) is 0 Å². The van der Waals surface area contributed by atoms with Gasteiger partial charge in [0, 0.05) is 22.5 Å². The van der Waals surface area contributed by atoms with Crippen molar-refractivity contribution in [3.8, 4) is 33.4 Å². The van der Waals surface area contributed by atoms with E-state index in [1.54, 1.807) is 0 Å². The van der Waals surface area contributed by atoms with Gasteiger partial charge in [-0.3, -0.25) is 0 Å². The van der Waals surface area contributed by atoms with Crippen LogP contribution in [0.25, 0.3) is 54.9 Å². The van der Waals surface area contributed by atoms with Gasteiger partial charge in [0.1, 0.15) is 0 Å². The minimum absolute atomic E-state index is 0.728. The second kappa shape index (κ2) is 8.09. The zero-order valence-electron chi connectivity index (χ0n) is 18.7. The second-order valence-electron chi connectivity index (χ2n) is 8.66. The predicted molar refractivity (Wildman–Crippen MR) is 147 cm³/mol. The van der Waals surface area contributed by atoms with Gasteiger partial charge in [-0.2, -0.15) is 0 Å². The lowest BCUT2D eigenvalue weighted by molar-refractivity contribution is 1.62. The molecule has 2 nitrogen and oxygen atoms in total. The van der Waals surface area contributed by atoms with E-state index in [0.717, 1.165) is 44.0 Å². The van der Waals surface area contributed by atoms with E-state index in [1.165, 1.54) is 22.3 Å². The Morgan fingerprint density at radius 1 is 0.353 bits per heavy atom. The molecule has 0 aromatic heterocycles. The molecule has 6 aromatic carbocycles. The third kappa shape index (κ3) is 3.37. The smallest absolute Gasteiger partial charge is 0.0401 e. The van der Waals surface area contributed by atoms with Gasteiger partial charge in [-0.15, -0.1) is 0 Å². The van der Waals surface area contributed by atoms with Crippen LogP contribution in [0, 0.1) is 0 Å². The SMILES string of the molecule is Nc1ccc2cc(-c3ccccc3)ccc2c1-c1c(N)ccc2cc(-c3ccccc3)ccc12. The minimum atomic E-state index is 0.728. The lowest BCUT2D eigenvalue weighted by Crippen LogP contribution is -1.97. The number of hydrogen-bond donors (Lipinski definition) is 2. The van der Waals surface area contributed by atoms with Crippen LogP contribution in [0.2, 0.25) is 0 Å². The molecule has 6 rings (SSSR count). The van der Waals surface area contributed by atoms with Crippen LogP contribution in [0.3, 0.4) is 0 Å². The molecular weight excluding hydrogens is 412 g/mol. The highest BCUT2D eigenvalue weighted by atomic mass is 14.6. The molecule has 4 N–H and O–H groups in total. The third-order valence-electron chi connectivity index (χ3n) is 6.57. The third-order valence-corrected chi connectivity index (χ3v) is 6.57. The summed E-state index contributed by atoms with van der Waals surface area (Å²) in [4.78, 5) is 0. The summed E-state index contributed by atoms with van der Waals surface area (Å²) in [6.07, 6.45) is 0. The van der Waals surface area contributed by atoms with Gasteiger partial charge in [-0.25, -0.2) is 0 Å². The highest BCUT2D eigenvalue weighted by Gasteiger charge is 2.15. The maximum atomic E-state index is 6.59. The van der Waals surface area contributed by atoms with Gasteiger partial charge in [0.15, 0.2) is 0 Å². The van der Waals surface area contributed by atoms with Crippen LogP contribution in [-0.4, -0.2) is 0 Å². The molecule has 0 fully saturated rings. The minimum Gasteiger partial charge on any atom is -0.398 e. The number of hydrogen-bond acceptors (Lipinski definition) is 2. The Balaban J connectivity index is 1.57. The normalized spacial score (nSPS) is 11.2. The van der Waals surface area contributed by atoms with Gasteiger partial charge >= 0.3 is 0 Å². The summed E-state index contributed by atoms with van der Waals surface area (Å²) in [7, 11) is 0. The van der Waals surface area contributed by atoms with Crippen LogP contribution in [-0.2, 0) is 0 Å². The molecule has 0 radical (unpaired) electrons. The molecule has 2 heteroatoms.